The number of carbonyl (C=O) groups is 1. The van der Waals surface area contributed by atoms with E-state index in [9.17, 15) is 4.79 Å². The van der Waals surface area contributed by atoms with Gasteiger partial charge in [0.05, 0.1) is 0 Å². The monoisotopic (exact) mass is 275 g/mol. The number of carbonyl (C=O) groups excluding carboxylic acids is 1. The van der Waals surface area contributed by atoms with E-state index in [1.165, 1.54) is 0 Å². The van der Waals surface area contributed by atoms with Crippen LogP contribution in [-0.4, -0.2) is 23.2 Å². The van der Waals surface area contributed by atoms with Crippen LogP contribution in [0.25, 0.3) is 0 Å². The molecule has 0 heterocycles. The Morgan fingerprint density at radius 1 is 1.29 bits per heavy atom. The highest BCUT2D eigenvalue weighted by molar-refractivity contribution is 6.35. The number of benzene rings is 1. The van der Waals surface area contributed by atoms with E-state index >= 15 is 0 Å². The van der Waals surface area contributed by atoms with Crippen LogP contribution in [0.15, 0.2) is 18.2 Å². The normalized spacial score (nSPS) is 11.4. The third-order valence-electron chi connectivity index (χ3n) is 2.31. The minimum Gasteiger partial charge on any atom is -0.396 e. The maximum atomic E-state index is 11.9. The summed E-state index contributed by atoms with van der Waals surface area (Å²) in [5, 5.41) is 12.5. The van der Waals surface area contributed by atoms with Gasteiger partial charge in [-0.25, -0.2) is 0 Å². The first kappa shape index (κ1) is 14.3. The molecule has 1 rings (SSSR count). The molecule has 1 aromatic carbocycles. The second-order valence-corrected chi connectivity index (χ2v) is 5.34. The van der Waals surface area contributed by atoms with Crippen LogP contribution in [0.4, 0.5) is 0 Å². The third-order valence-corrected chi connectivity index (χ3v) is 2.75. The Kier molecular flexibility index (Phi) is 4.80. The standard InChI is InChI=1S/C12H15Cl2NO2/c1-12(2,3-4-16)15-11(17)8-5-9(13)7-10(14)6-8/h5-7,16H,3-4H2,1-2H3,(H,15,17). The van der Waals surface area contributed by atoms with Gasteiger partial charge in [0.15, 0.2) is 0 Å². The smallest absolute Gasteiger partial charge is 0.251 e. The van der Waals surface area contributed by atoms with Crippen LogP contribution in [0.5, 0.6) is 0 Å². The highest BCUT2D eigenvalue weighted by Crippen LogP contribution is 2.19. The fourth-order valence-electron chi connectivity index (χ4n) is 1.41. The van der Waals surface area contributed by atoms with Gasteiger partial charge in [0.1, 0.15) is 0 Å². The maximum absolute atomic E-state index is 11.9. The molecule has 0 unspecified atom stereocenters. The van der Waals surface area contributed by atoms with E-state index in [0.29, 0.717) is 22.0 Å². The van der Waals surface area contributed by atoms with Crippen molar-refractivity contribution in [1.82, 2.24) is 5.32 Å². The molecule has 3 nitrogen and oxygen atoms in total. The van der Waals surface area contributed by atoms with E-state index in [1.807, 2.05) is 13.8 Å². The molecule has 1 aromatic rings. The largest absolute Gasteiger partial charge is 0.396 e. The Labute approximate surface area is 111 Å². The summed E-state index contributed by atoms with van der Waals surface area (Å²) in [6, 6.07) is 4.67. The molecular formula is C12H15Cl2NO2. The molecule has 0 saturated heterocycles. The summed E-state index contributed by atoms with van der Waals surface area (Å²) in [5.41, 5.74) is -0.0609. The molecule has 5 heteroatoms. The van der Waals surface area contributed by atoms with E-state index in [2.05, 4.69) is 5.32 Å². The van der Waals surface area contributed by atoms with E-state index < -0.39 is 5.54 Å². The Hall–Kier alpha value is -0.770. The van der Waals surface area contributed by atoms with Crippen LogP contribution >= 0.6 is 23.2 Å². The Morgan fingerprint density at radius 2 is 1.82 bits per heavy atom. The van der Waals surface area contributed by atoms with Crippen molar-refractivity contribution in [2.75, 3.05) is 6.61 Å². The lowest BCUT2D eigenvalue weighted by atomic mass is 10.0. The number of rotatable bonds is 4. The number of hydrogen-bond acceptors (Lipinski definition) is 2. The molecule has 1 amide bonds. The lowest BCUT2D eigenvalue weighted by molar-refractivity contribution is 0.0899. The molecule has 2 N–H and O–H groups in total. The predicted octanol–water partition coefficient (Wildman–Crippen LogP) is 2.88. The number of nitrogens with one attached hydrogen (secondary N) is 1. The van der Waals surface area contributed by atoms with Gasteiger partial charge in [-0.1, -0.05) is 23.2 Å². The van der Waals surface area contributed by atoms with Crippen molar-refractivity contribution >= 4 is 29.1 Å². The first-order valence-corrected chi connectivity index (χ1v) is 5.99. The van der Waals surface area contributed by atoms with E-state index in [0.717, 1.165) is 0 Å². The fourth-order valence-corrected chi connectivity index (χ4v) is 1.93. The highest BCUT2D eigenvalue weighted by atomic mass is 35.5. The molecule has 94 valence electrons. The van der Waals surface area contributed by atoms with Gasteiger partial charge in [-0.15, -0.1) is 0 Å². The molecule has 0 spiro atoms. The quantitative estimate of drug-likeness (QED) is 0.888. The highest BCUT2D eigenvalue weighted by Gasteiger charge is 2.20. The van der Waals surface area contributed by atoms with Crippen molar-refractivity contribution in [3.8, 4) is 0 Å². The average Bonchev–Trinajstić information content (AvgIpc) is 2.14. The molecule has 17 heavy (non-hydrogen) atoms. The van der Waals surface area contributed by atoms with Crippen LogP contribution in [0, 0.1) is 0 Å². The summed E-state index contributed by atoms with van der Waals surface area (Å²) in [5.74, 6) is -0.257. The molecule has 0 saturated carbocycles. The zero-order valence-electron chi connectivity index (χ0n) is 9.76. The Balaban J connectivity index is 2.83. The molecule has 0 aliphatic heterocycles. The molecule has 0 aromatic heterocycles. The topological polar surface area (TPSA) is 49.3 Å². The van der Waals surface area contributed by atoms with Crippen LogP contribution < -0.4 is 5.32 Å². The molecule has 0 fully saturated rings. The van der Waals surface area contributed by atoms with Crippen molar-refractivity contribution in [2.24, 2.45) is 0 Å². The fraction of sp³-hybridized carbons (Fsp3) is 0.417. The van der Waals surface area contributed by atoms with Gasteiger partial charge in [-0.05, 0) is 38.5 Å². The van der Waals surface area contributed by atoms with Crippen LogP contribution in [0.2, 0.25) is 10.0 Å². The molecule has 0 aliphatic carbocycles. The van der Waals surface area contributed by atoms with Gasteiger partial charge < -0.3 is 10.4 Å². The van der Waals surface area contributed by atoms with E-state index in [-0.39, 0.29) is 12.5 Å². The third kappa shape index (κ3) is 4.54. The number of halogens is 2. The van der Waals surface area contributed by atoms with Crippen LogP contribution in [-0.2, 0) is 0 Å². The van der Waals surface area contributed by atoms with Gasteiger partial charge in [-0.2, -0.15) is 0 Å². The summed E-state index contributed by atoms with van der Waals surface area (Å²) >= 11 is 11.6. The second-order valence-electron chi connectivity index (χ2n) is 4.47. The van der Waals surface area contributed by atoms with E-state index in [4.69, 9.17) is 28.3 Å². The number of aliphatic hydroxyl groups is 1. The van der Waals surface area contributed by atoms with Crippen molar-refractivity contribution < 1.29 is 9.90 Å². The molecule has 0 atom stereocenters. The van der Waals surface area contributed by atoms with Gasteiger partial charge in [0, 0.05) is 27.8 Å². The first-order valence-electron chi connectivity index (χ1n) is 5.23. The first-order chi connectivity index (χ1) is 7.84. The van der Waals surface area contributed by atoms with Gasteiger partial charge in [0.2, 0.25) is 0 Å². The lowest BCUT2D eigenvalue weighted by Gasteiger charge is -2.25. The minimum absolute atomic E-state index is 0.0174. The molecule has 0 aliphatic rings. The average molecular weight is 276 g/mol. The summed E-state index contributed by atoms with van der Waals surface area (Å²) < 4.78 is 0. The van der Waals surface area contributed by atoms with Crippen molar-refractivity contribution in [3.05, 3.63) is 33.8 Å². The van der Waals surface area contributed by atoms with Crippen molar-refractivity contribution in [3.63, 3.8) is 0 Å². The van der Waals surface area contributed by atoms with Gasteiger partial charge in [-0.3, -0.25) is 4.79 Å². The zero-order valence-corrected chi connectivity index (χ0v) is 11.3. The van der Waals surface area contributed by atoms with Crippen molar-refractivity contribution in [1.29, 1.82) is 0 Å². The second kappa shape index (κ2) is 5.71. The van der Waals surface area contributed by atoms with Crippen LogP contribution in [0.1, 0.15) is 30.6 Å². The maximum Gasteiger partial charge on any atom is 0.251 e. The predicted molar refractivity (Wildman–Crippen MR) is 69.7 cm³/mol. The number of amides is 1. The minimum atomic E-state index is -0.472. The number of aliphatic hydroxyl groups excluding tert-OH is 1. The summed E-state index contributed by atoms with van der Waals surface area (Å²) in [7, 11) is 0. The van der Waals surface area contributed by atoms with E-state index in [1.54, 1.807) is 18.2 Å². The Bertz CT molecular complexity index is 399. The Morgan fingerprint density at radius 3 is 2.29 bits per heavy atom. The molecule has 0 bridgehead atoms. The van der Waals surface area contributed by atoms with Crippen LogP contribution in [0.3, 0.4) is 0 Å². The molecule has 0 radical (unpaired) electrons. The SMILES string of the molecule is CC(C)(CCO)NC(=O)c1cc(Cl)cc(Cl)c1. The van der Waals surface area contributed by atoms with Crippen molar-refractivity contribution in [2.45, 2.75) is 25.8 Å². The summed E-state index contributed by atoms with van der Waals surface area (Å²) in [6.45, 7) is 3.70. The summed E-state index contributed by atoms with van der Waals surface area (Å²) in [4.78, 5) is 11.9. The lowest BCUT2D eigenvalue weighted by Crippen LogP contribution is -2.44. The number of hydrogen-bond donors (Lipinski definition) is 2. The summed E-state index contributed by atoms with van der Waals surface area (Å²) in [6.07, 6.45) is 0.479. The molecular weight excluding hydrogens is 261 g/mol. The van der Waals surface area contributed by atoms with Gasteiger partial charge in [0.25, 0.3) is 5.91 Å². The van der Waals surface area contributed by atoms with Gasteiger partial charge >= 0.3 is 0 Å². The zero-order chi connectivity index (χ0) is 13.1.